The van der Waals surface area contributed by atoms with E-state index in [1.165, 1.54) is 22.9 Å². The molecule has 2 aromatic carbocycles. The van der Waals surface area contributed by atoms with Crippen molar-refractivity contribution in [1.29, 1.82) is 0 Å². The normalized spacial score (nSPS) is 14.8. The van der Waals surface area contributed by atoms with Crippen molar-refractivity contribution in [2.45, 2.75) is 83.8 Å². The summed E-state index contributed by atoms with van der Waals surface area (Å²) in [5, 5.41) is 3.14. The Hall–Kier alpha value is -3.14. The highest BCUT2D eigenvalue weighted by Gasteiger charge is 2.30. The molecule has 1 unspecified atom stereocenters. The Bertz CT molecular complexity index is 1200. The number of amides is 2. The van der Waals surface area contributed by atoms with Gasteiger partial charge in [-0.25, -0.2) is 12.8 Å². The van der Waals surface area contributed by atoms with Crippen LogP contribution in [0.2, 0.25) is 0 Å². The van der Waals surface area contributed by atoms with Crippen molar-refractivity contribution in [2.75, 3.05) is 23.7 Å². The highest BCUT2D eigenvalue weighted by molar-refractivity contribution is 7.92. The summed E-state index contributed by atoms with van der Waals surface area (Å²) in [6.45, 7) is 4.50. The summed E-state index contributed by atoms with van der Waals surface area (Å²) in [6.07, 6.45) is 7.05. The van der Waals surface area contributed by atoms with Crippen LogP contribution in [0.5, 0.6) is 5.75 Å². The third-order valence-corrected chi connectivity index (χ3v) is 8.39. The first-order valence-electron chi connectivity index (χ1n) is 14.2. The van der Waals surface area contributed by atoms with Gasteiger partial charge in [-0.2, -0.15) is 0 Å². The molecule has 1 aliphatic rings. The standard InChI is InChI=1S/C30H42FN3O5S/c1-4-28(30(36)32-25-10-7-6-8-11-25)33(22-23-13-15-24(31)16-14-23)29(35)12-9-21-34(40(3,37)38)26-17-19-27(20-18-26)39-5-2/h13-20,25,28H,4-12,21-22H2,1-3H3,(H,32,36). The third kappa shape index (κ3) is 9.21. The maximum absolute atomic E-state index is 13.6. The zero-order valence-corrected chi connectivity index (χ0v) is 24.6. The van der Waals surface area contributed by atoms with Crippen LogP contribution in [0.1, 0.15) is 70.8 Å². The average molecular weight is 576 g/mol. The maximum atomic E-state index is 13.6. The van der Waals surface area contributed by atoms with Crippen LogP contribution in [0.25, 0.3) is 0 Å². The van der Waals surface area contributed by atoms with Crippen LogP contribution < -0.4 is 14.4 Å². The number of anilines is 1. The van der Waals surface area contributed by atoms with Crippen LogP contribution in [-0.4, -0.2) is 56.6 Å². The lowest BCUT2D eigenvalue weighted by Gasteiger charge is -2.33. The fraction of sp³-hybridized carbons (Fsp3) is 0.533. The van der Waals surface area contributed by atoms with E-state index in [0.717, 1.165) is 31.9 Å². The fourth-order valence-corrected chi connectivity index (χ4v) is 6.09. The Kier molecular flexibility index (Phi) is 11.8. The zero-order valence-electron chi connectivity index (χ0n) is 23.8. The van der Waals surface area contributed by atoms with Gasteiger partial charge in [-0.15, -0.1) is 0 Å². The zero-order chi connectivity index (χ0) is 29.1. The molecule has 1 fully saturated rings. The monoisotopic (exact) mass is 575 g/mol. The number of ether oxygens (including phenoxy) is 1. The van der Waals surface area contributed by atoms with E-state index < -0.39 is 16.1 Å². The van der Waals surface area contributed by atoms with Gasteiger partial charge in [0.15, 0.2) is 0 Å². The Labute approximate surface area is 237 Å². The van der Waals surface area contributed by atoms with Gasteiger partial charge < -0.3 is 15.0 Å². The van der Waals surface area contributed by atoms with Gasteiger partial charge in [0.1, 0.15) is 17.6 Å². The minimum Gasteiger partial charge on any atom is -0.494 e. The van der Waals surface area contributed by atoms with E-state index >= 15 is 0 Å². The van der Waals surface area contributed by atoms with E-state index in [0.29, 0.717) is 30.0 Å². The predicted octanol–water partition coefficient (Wildman–Crippen LogP) is 5.03. The molecule has 0 spiro atoms. The molecular weight excluding hydrogens is 533 g/mol. The van der Waals surface area contributed by atoms with Gasteiger partial charge in [0.2, 0.25) is 21.8 Å². The molecule has 1 aliphatic carbocycles. The van der Waals surface area contributed by atoms with Gasteiger partial charge >= 0.3 is 0 Å². The van der Waals surface area contributed by atoms with Crippen LogP contribution in [0.4, 0.5) is 10.1 Å². The van der Waals surface area contributed by atoms with Crippen LogP contribution in [0.15, 0.2) is 48.5 Å². The van der Waals surface area contributed by atoms with Gasteiger partial charge in [-0.1, -0.05) is 38.3 Å². The van der Waals surface area contributed by atoms with E-state index in [-0.39, 0.29) is 49.6 Å². The van der Waals surface area contributed by atoms with E-state index in [1.807, 2.05) is 13.8 Å². The third-order valence-electron chi connectivity index (χ3n) is 7.19. The van der Waals surface area contributed by atoms with Crippen LogP contribution in [-0.2, 0) is 26.2 Å². The number of sulfonamides is 1. The summed E-state index contributed by atoms with van der Waals surface area (Å²) in [6, 6.07) is 12.1. The van der Waals surface area contributed by atoms with E-state index in [4.69, 9.17) is 4.74 Å². The van der Waals surface area contributed by atoms with Gasteiger partial charge in [0.25, 0.3) is 0 Å². The Morgan fingerprint density at radius 2 is 1.68 bits per heavy atom. The number of carbonyl (C=O) groups is 2. The summed E-state index contributed by atoms with van der Waals surface area (Å²) in [7, 11) is -3.60. The Balaban J connectivity index is 1.73. The first-order valence-corrected chi connectivity index (χ1v) is 16.0. The number of hydrogen-bond acceptors (Lipinski definition) is 5. The molecule has 0 aliphatic heterocycles. The highest BCUT2D eigenvalue weighted by Crippen LogP contribution is 2.23. The molecule has 1 atom stereocenters. The first kappa shape index (κ1) is 31.4. The minimum atomic E-state index is -3.60. The first-order chi connectivity index (χ1) is 19.1. The quantitative estimate of drug-likeness (QED) is 0.341. The van der Waals surface area contributed by atoms with E-state index in [9.17, 15) is 22.4 Å². The van der Waals surface area contributed by atoms with Crippen molar-refractivity contribution in [1.82, 2.24) is 10.2 Å². The SMILES string of the molecule is CCOc1ccc(N(CCCC(=O)N(Cc2ccc(F)cc2)C(CC)C(=O)NC2CCCCC2)S(C)(=O)=O)cc1. The Morgan fingerprint density at radius 1 is 1.02 bits per heavy atom. The molecule has 1 saturated carbocycles. The van der Waals surface area contributed by atoms with E-state index in [2.05, 4.69) is 5.32 Å². The largest absolute Gasteiger partial charge is 0.494 e. The van der Waals surface area contributed by atoms with Crippen LogP contribution in [0.3, 0.4) is 0 Å². The molecule has 0 radical (unpaired) electrons. The van der Waals surface area contributed by atoms with Crippen molar-refractivity contribution in [3.05, 3.63) is 59.9 Å². The predicted molar refractivity (Wildman–Crippen MR) is 155 cm³/mol. The summed E-state index contributed by atoms with van der Waals surface area (Å²) >= 11 is 0. The second kappa shape index (κ2) is 15.0. The fourth-order valence-electron chi connectivity index (χ4n) is 5.13. The molecule has 0 aromatic heterocycles. The number of rotatable bonds is 14. The Morgan fingerprint density at radius 3 is 2.25 bits per heavy atom. The van der Waals surface area contributed by atoms with Gasteiger partial charge in [0.05, 0.1) is 18.6 Å². The average Bonchev–Trinajstić information content (AvgIpc) is 2.92. The number of hydrogen-bond donors (Lipinski definition) is 1. The van der Waals surface area contributed by atoms with Crippen LogP contribution >= 0.6 is 0 Å². The van der Waals surface area contributed by atoms with Gasteiger partial charge in [-0.05, 0) is 74.6 Å². The van der Waals surface area contributed by atoms with Crippen molar-refractivity contribution in [2.24, 2.45) is 0 Å². The second-order valence-corrected chi connectivity index (χ2v) is 12.2. The van der Waals surface area contributed by atoms with Crippen molar-refractivity contribution >= 4 is 27.5 Å². The molecular formula is C30H42FN3O5S. The van der Waals surface area contributed by atoms with Gasteiger partial charge in [0, 0.05) is 25.6 Å². The number of nitrogens with one attached hydrogen (secondary N) is 1. The minimum absolute atomic E-state index is 0.0530. The molecule has 3 rings (SSSR count). The molecule has 40 heavy (non-hydrogen) atoms. The number of nitrogens with zero attached hydrogens (tertiary/aromatic N) is 2. The highest BCUT2D eigenvalue weighted by atomic mass is 32.2. The molecule has 2 aromatic rings. The second-order valence-electron chi connectivity index (χ2n) is 10.3. The molecule has 8 nitrogen and oxygen atoms in total. The summed E-state index contributed by atoms with van der Waals surface area (Å²) in [5.41, 5.74) is 1.20. The molecule has 10 heteroatoms. The van der Waals surface area contributed by atoms with Crippen molar-refractivity contribution in [3.63, 3.8) is 0 Å². The maximum Gasteiger partial charge on any atom is 0.243 e. The lowest BCUT2D eigenvalue weighted by atomic mass is 9.95. The number of halogens is 1. The summed E-state index contributed by atoms with van der Waals surface area (Å²) in [5.74, 6) is -0.172. The number of benzene rings is 2. The van der Waals surface area contributed by atoms with Crippen molar-refractivity contribution in [3.8, 4) is 5.75 Å². The smallest absolute Gasteiger partial charge is 0.243 e. The topological polar surface area (TPSA) is 96.0 Å². The van der Waals surface area contributed by atoms with Crippen molar-refractivity contribution < 1.29 is 27.1 Å². The molecule has 0 bridgehead atoms. The van der Waals surface area contributed by atoms with Crippen LogP contribution in [0, 0.1) is 5.82 Å². The lowest BCUT2D eigenvalue weighted by molar-refractivity contribution is -0.141. The van der Waals surface area contributed by atoms with E-state index in [1.54, 1.807) is 41.3 Å². The molecule has 1 N–H and O–H groups in total. The number of carbonyl (C=O) groups excluding carboxylic acids is 2. The lowest BCUT2D eigenvalue weighted by Crippen LogP contribution is -2.51. The molecule has 2 amide bonds. The summed E-state index contributed by atoms with van der Waals surface area (Å²) < 4.78 is 45.4. The van der Waals surface area contributed by atoms with Gasteiger partial charge in [-0.3, -0.25) is 13.9 Å². The molecule has 220 valence electrons. The summed E-state index contributed by atoms with van der Waals surface area (Å²) in [4.78, 5) is 28.5. The molecule has 0 saturated heterocycles. The molecule has 0 heterocycles.